The lowest BCUT2D eigenvalue weighted by atomic mass is 10.2. The van der Waals surface area contributed by atoms with Gasteiger partial charge in [0.05, 0.1) is 17.9 Å². The molecular formula is C14H12F4N2O. The van der Waals surface area contributed by atoms with Crippen LogP contribution in [0, 0.1) is 5.82 Å². The first-order valence-corrected chi connectivity index (χ1v) is 6.07. The molecule has 0 saturated carbocycles. The molecule has 112 valence electrons. The van der Waals surface area contributed by atoms with E-state index in [0.717, 1.165) is 12.1 Å². The number of nitrogens with zero attached hydrogens (tertiary/aromatic N) is 1. The molecule has 1 heterocycles. The van der Waals surface area contributed by atoms with Crippen molar-refractivity contribution in [3.8, 4) is 5.75 Å². The van der Waals surface area contributed by atoms with E-state index in [1.807, 2.05) is 0 Å². The molecule has 0 amide bonds. The fourth-order valence-electron chi connectivity index (χ4n) is 1.61. The third kappa shape index (κ3) is 4.94. The van der Waals surface area contributed by atoms with Gasteiger partial charge in [-0.05, 0) is 24.3 Å². The number of nitrogens with one attached hydrogen (secondary N) is 1. The van der Waals surface area contributed by atoms with Gasteiger partial charge in [0.1, 0.15) is 11.6 Å². The second-order valence-corrected chi connectivity index (χ2v) is 4.22. The van der Waals surface area contributed by atoms with Crippen LogP contribution in [0.2, 0.25) is 0 Å². The van der Waals surface area contributed by atoms with E-state index in [1.165, 1.54) is 6.07 Å². The average molecular weight is 300 g/mol. The fourth-order valence-corrected chi connectivity index (χ4v) is 1.61. The van der Waals surface area contributed by atoms with Crippen molar-refractivity contribution in [1.29, 1.82) is 0 Å². The minimum Gasteiger partial charge on any atom is -0.482 e. The van der Waals surface area contributed by atoms with Gasteiger partial charge in [-0.1, -0.05) is 6.07 Å². The van der Waals surface area contributed by atoms with E-state index < -0.39 is 18.6 Å². The Morgan fingerprint density at radius 1 is 1.14 bits per heavy atom. The summed E-state index contributed by atoms with van der Waals surface area (Å²) >= 11 is 0. The van der Waals surface area contributed by atoms with E-state index in [-0.39, 0.29) is 18.0 Å². The number of aromatic nitrogens is 1. The minimum absolute atomic E-state index is 0.191. The van der Waals surface area contributed by atoms with Gasteiger partial charge < -0.3 is 10.1 Å². The monoisotopic (exact) mass is 300 g/mol. The molecule has 3 nitrogen and oxygen atoms in total. The summed E-state index contributed by atoms with van der Waals surface area (Å²) in [6.07, 6.45) is -2.88. The number of rotatable bonds is 5. The van der Waals surface area contributed by atoms with E-state index in [2.05, 4.69) is 15.0 Å². The standard InChI is InChI=1S/C14H12F4N2O/c15-10-4-5-12(13(7-10)21-9-14(16,17)18)20-8-11-3-1-2-6-19-11/h1-7,20H,8-9H2. The van der Waals surface area contributed by atoms with E-state index in [1.54, 1.807) is 24.4 Å². The van der Waals surface area contributed by atoms with Crippen molar-refractivity contribution in [2.45, 2.75) is 12.7 Å². The van der Waals surface area contributed by atoms with Crippen molar-refractivity contribution in [3.63, 3.8) is 0 Å². The topological polar surface area (TPSA) is 34.2 Å². The van der Waals surface area contributed by atoms with E-state index in [4.69, 9.17) is 0 Å². The minimum atomic E-state index is -4.48. The lowest BCUT2D eigenvalue weighted by molar-refractivity contribution is -0.153. The smallest absolute Gasteiger partial charge is 0.422 e. The second kappa shape index (κ2) is 6.43. The van der Waals surface area contributed by atoms with E-state index in [0.29, 0.717) is 5.69 Å². The summed E-state index contributed by atoms with van der Waals surface area (Å²) in [7, 11) is 0. The first-order valence-electron chi connectivity index (χ1n) is 6.07. The molecule has 1 aromatic carbocycles. The number of hydrogen-bond acceptors (Lipinski definition) is 3. The molecule has 0 aliphatic heterocycles. The van der Waals surface area contributed by atoms with Crippen LogP contribution in [0.5, 0.6) is 5.75 Å². The van der Waals surface area contributed by atoms with Crippen LogP contribution in [-0.4, -0.2) is 17.8 Å². The lowest BCUT2D eigenvalue weighted by Gasteiger charge is -2.14. The quantitative estimate of drug-likeness (QED) is 0.853. The molecule has 0 atom stereocenters. The van der Waals surface area contributed by atoms with Gasteiger partial charge in [0.25, 0.3) is 0 Å². The number of hydrogen-bond donors (Lipinski definition) is 1. The van der Waals surface area contributed by atoms with E-state index in [9.17, 15) is 17.6 Å². The van der Waals surface area contributed by atoms with Crippen molar-refractivity contribution < 1.29 is 22.3 Å². The Morgan fingerprint density at radius 3 is 2.62 bits per heavy atom. The molecule has 0 bridgehead atoms. The van der Waals surface area contributed by atoms with Crippen LogP contribution in [0.3, 0.4) is 0 Å². The Morgan fingerprint density at radius 2 is 1.95 bits per heavy atom. The van der Waals surface area contributed by atoms with Crippen LogP contribution in [0.25, 0.3) is 0 Å². The predicted octanol–water partition coefficient (Wildman–Crippen LogP) is 3.77. The zero-order valence-electron chi connectivity index (χ0n) is 10.8. The summed E-state index contributed by atoms with van der Waals surface area (Å²) in [4.78, 5) is 4.07. The Hall–Kier alpha value is -2.31. The molecule has 7 heteroatoms. The SMILES string of the molecule is Fc1ccc(NCc2ccccn2)c(OCC(F)(F)F)c1. The van der Waals surface area contributed by atoms with Crippen molar-refractivity contribution >= 4 is 5.69 Å². The summed E-state index contributed by atoms with van der Waals surface area (Å²) in [5, 5.41) is 2.87. The predicted molar refractivity (Wildman–Crippen MR) is 69.5 cm³/mol. The number of benzene rings is 1. The van der Waals surface area contributed by atoms with Crippen molar-refractivity contribution in [3.05, 3.63) is 54.1 Å². The van der Waals surface area contributed by atoms with Crippen molar-refractivity contribution in [2.24, 2.45) is 0 Å². The Labute approximate surface area is 118 Å². The third-order valence-corrected chi connectivity index (χ3v) is 2.52. The molecule has 2 aromatic rings. The number of anilines is 1. The van der Waals surface area contributed by atoms with Gasteiger partial charge in [0, 0.05) is 12.3 Å². The van der Waals surface area contributed by atoms with Crippen molar-refractivity contribution in [2.75, 3.05) is 11.9 Å². The zero-order valence-corrected chi connectivity index (χ0v) is 10.8. The summed E-state index contributed by atoms with van der Waals surface area (Å²) < 4.78 is 54.3. The van der Waals surface area contributed by atoms with E-state index >= 15 is 0 Å². The van der Waals surface area contributed by atoms with Crippen LogP contribution in [-0.2, 0) is 6.54 Å². The zero-order chi connectivity index (χ0) is 15.3. The fraction of sp³-hybridized carbons (Fsp3) is 0.214. The van der Waals surface area contributed by atoms with Gasteiger partial charge in [0.2, 0.25) is 0 Å². The molecule has 2 rings (SSSR count). The Balaban J connectivity index is 2.07. The van der Waals surface area contributed by atoms with Gasteiger partial charge in [-0.2, -0.15) is 13.2 Å². The second-order valence-electron chi connectivity index (χ2n) is 4.22. The largest absolute Gasteiger partial charge is 0.482 e. The normalized spacial score (nSPS) is 11.2. The molecule has 21 heavy (non-hydrogen) atoms. The first kappa shape index (κ1) is 15.1. The number of pyridine rings is 1. The maximum absolute atomic E-state index is 13.1. The van der Waals surface area contributed by atoms with Crippen LogP contribution in [0.1, 0.15) is 5.69 Å². The van der Waals surface area contributed by atoms with Gasteiger partial charge in [-0.25, -0.2) is 4.39 Å². The first-order chi connectivity index (χ1) is 9.94. The third-order valence-electron chi connectivity index (χ3n) is 2.52. The van der Waals surface area contributed by atoms with Gasteiger partial charge in [0.15, 0.2) is 6.61 Å². The number of alkyl halides is 3. The summed E-state index contributed by atoms with van der Waals surface area (Å²) in [5.74, 6) is -0.862. The molecule has 0 radical (unpaired) electrons. The van der Waals surface area contributed by atoms with Crippen molar-refractivity contribution in [1.82, 2.24) is 4.98 Å². The molecule has 0 aliphatic carbocycles. The van der Waals surface area contributed by atoms with Crippen LogP contribution < -0.4 is 10.1 Å². The van der Waals surface area contributed by atoms with Crippen LogP contribution >= 0.6 is 0 Å². The molecule has 1 aromatic heterocycles. The molecule has 0 fully saturated rings. The van der Waals surface area contributed by atoms with Crippen LogP contribution in [0.4, 0.5) is 23.2 Å². The highest BCUT2D eigenvalue weighted by atomic mass is 19.4. The summed E-state index contributed by atoms with van der Waals surface area (Å²) in [6, 6.07) is 8.67. The Bertz CT molecular complexity index is 587. The molecule has 0 spiro atoms. The maximum Gasteiger partial charge on any atom is 0.422 e. The maximum atomic E-state index is 13.1. The highest BCUT2D eigenvalue weighted by Crippen LogP contribution is 2.28. The molecule has 0 unspecified atom stereocenters. The average Bonchev–Trinajstić information content (AvgIpc) is 2.44. The van der Waals surface area contributed by atoms with Gasteiger partial charge in [-0.15, -0.1) is 0 Å². The van der Waals surface area contributed by atoms with Gasteiger partial charge >= 0.3 is 6.18 Å². The highest BCUT2D eigenvalue weighted by Gasteiger charge is 2.28. The number of halogens is 4. The number of ether oxygens (including phenoxy) is 1. The highest BCUT2D eigenvalue weighted by molar-refractivity contribution is 5.56. The summed E-state index contributed by atoms with van der Waals surface area (Å²) in [5.41, 5.74) is 0.967. The summed E-state index contributed by atoms with van der Waals surface area (Å²) in [6.45, 7) is -1.19. The lowest BCUT2D eigenvalue weighted by Crippen LogP contribution is -2.19. The Kier molecular flexibility index (Phi) is 4.62. The molecular weight excluding hydrogens is 288 g/mol. The molecule has 0 aliphatic rings. The van der Waals surface area contributed by atoms with Crippen LogP contribution in [0.15, 0.2) is 42.6 Å². The molecule has 1 N–H and O–H groups in total. The van der Waals surface area contributed by atoms with Gasteiger partial charge in [-0.3, -0.25) is 4.98 Å². The molecule has 0 saturated heterocycles.